The molecule has 0 aromatic heterocycles. The van der Waals surface area contributed by atoms with Crippen molar-refractivity contribution in [2.24, 2.45) is 34.5 Å². The fourth-order valence-corrected chi connectivity index (χ4v) is 11.3. The Balaban J connectivity index is 1.27. The van der Waals surface area contributed by atoms with Crippen LogP contribution in [-0.2, 0) is 14.3 Å². The van der Waals surface area contributed by atoms with Gasteiger partial charge < -0.3 is 19.1 Å². The summed E-state index contributed by atoms with van der Waals surface area (Å²) in [5.41, 5.74) is 0.266. The summed E-state index contributed by atoms with van der Waals surface area (Å²) in [4.78, 5) is 15.0. The lowest BCUT2D eigenvalue weighted by Crippen LogP contribution is -2.61. The Morgan fingerprint density at radius 1 is 1.11 bits per heavy atom. The number of hydrogen-bond acceptors (Lipinski definition) is 5. The van der Waals surface area contributed by atoms with Crippen LogP contribution < -0.4 is 0 Å². The third-order valence-electron chi connectivity index (χ3n) is 13.1. The standard InChI is InChI=1S/C32H53N2O4/c1-5-14-34(15-6-7-16-34)28-20-26-24-9-8-23-19-27(33-12-17-37-18-13-33)29(36)21-32(23,4)25(24)10-11-31(26,3)30(28)38-22(2)35/h5,23-30,36H,1,6-21H2,2-4H3/q+1/t23?,24?,25?,26?,27-,28-,29-,30-,31-,32-/m0/s1. The second kappa shape index (κ2) is 10.2. The second-order valence-corrected chi connectivity index (χ2v) is 14.6. The summed E-state index contributed by atoms with van der Waals surface area (Å²) < 4.78 is 13.0. The highest BCUT2D eigenvalue weighted by Crippen LogP contribution is 2.67. The second-order valence-electron chi connectivity index (χ2n) is 14.6. The first-order valence-corrected chi connectivity index (χ1v) is 15.9. The molecule has 0 aromatic rings. The molecule has 214 valence electrons. The maximum Gasteiger partial charge on any atom is 0.303 e. The molecule has 6 rings (SSSR count). The van der Waals surface area contributed by atoms with Crippen LogP contribution in [0.5, 0.6) is 0 Å². The zero-order valence-electron chi connectivity index (χ0n) is 24.3. The van der Waals surface area contributed by atoms with Crippen molar-refractivity contribution in [2.75, 3.05) is 45.9 Å². The van der Waals surface area contributed by atoms with Crippen molar-refractivity contribution in [3.63, 3.8) is 0 Å². The summed E-state index contributed by atoms with van der Waals surface area (Å²) in [7, 11) is 0. The molecule has 2 saturated heterocycles. The van der Waals surface area contributed by atoms with E-state index in [1.807, 2.05) is 0 Å². The number of ether oxygens (including phenoxy) is 2. The Labute approximate surface area is 230 Å². The molecule has 0 spiro atoms. The minimum absolute atomic E-state index is 0.0113. The van der Waals surface area contributed by atoms with Crippen molar-refractivity contribution in [3.8, 4) is 0 Å². The number of esters is 1. The van der Waals surface area contributed by atoms with E-state index in [1.165, 1.54) is 51.6 Å². The molecular formula is C32H53N2O4+. The number of fused-ring (bicyclic) bond motifs is 5. The number of nitrogens with zero attached hydrogens (tertiary/aromatic N) is 2. The number of quaternary nitrogens is 1. The molecule has 6 heteroatoms. The van der Waals surface area contributed by atoms with Crippen LogP contribution in [0, 0.1) is 34.5 Å². The van der Waals surface area contributed by atoms with E-state index in [4.69, 9.17) is 9.47 Å². The van der Waals surface area contributed by atoms with E-state index in [9.17, 15) is 9.90 Å². The minimum Gasteiger partial charge on any atom is -0.456 e. The Kier molecular flexibility index (Phi) is 7.27. The SMILES string of the molecule is C=CC[N+]1([C@H]2CC3C4CCC5C[C@H](N6CCOCC6)[C@@H](O)C[C@]5(C)C4CC[C@]3(C)[C@H]2OC(C)=O)CCCC1. The van der Waals surface area contributed by atoms with E-state index in [2.05, 4.69) is 31.4 Å². The van der Waals surface area contributed by atoms with Gasteiger partial charge in [0.15, 0.2) is 6.10 Å². The summed E-state index contributed by atoms with van der Waals surface area (Å²) in [6.45, 7) is 17.7. The molecule has 38 heavy (non-hydrogen) atoms. The van der Waals surface area contributed by atoms with Crippen LogP contribution in [0.3, 0.4) is 0 Å². The first-order chi connectivity index (χ1) is 18.2. The molecule has 0 radical (unpaired) electrons. The summed E-state index contributed by atoms with van der Waals surface area (Å²) in [5, 5.41) is 11.5. The zero-order valence-corrected chi connectivity index (χ0v) is 24.3. The maximum atomic E-state index is 12.5. The van der Waals surface area contributed by atoms with Gasteiger partial charge in [0.2, 0.25) is 0 Å². The van der Waals surface area contributed by atoms with Gasteiger partial charge in [-0.15, -0.1) is 0 Å². The largest absolute Gasteiger partial charge is 0.456 e. The maximum absolute atomic E-state index is 12.5. The monoisotopic (exact) mass is 529 g/mol. The lowest BCUT2D eigenvalue weighted by atomic mass is 9.44. The van der Waals surface area contributed by atoms with Gasteiger partial charge in [-0.05, 0) is 73.7 Å². The number of likely N-dealkylation sites (tertiary alicyclic amines) is 1. The summed E-state index contributed by atoms with van der Waals surface area (Å²) >= 11 is 0. The topological polar surface area (TPSA) is 59.0 Å². The highest BCUT2D eigenvalue weighted by atomic mass is 16.5. The highest BCUT2D eigenvalue weighted by molar-refractivity contribution is 5.66. The summed E-state index contributed by atoms with van der Waals surface area (Å²) in [6, 6.07) is 0.686. The molecule has 0 amide bonds. The molecule has 0 aromatic carbocycles. The van der Waals surface area contributed by atoms with Crippen molar-refractivity contribution in [1.82, 2.24) is 4.90 Å². The van der Waals surface area contributed by atoms with Gasteiger partial charge in [-0.1, -0.05) is 20.4 Å². The van der Waals surface area contributed by atoms with Crippen molar-refractivity contribution in [2.45, 2.75) is 103 Å². The third kappa shape index (κ3) is 4.23. The smallest absolute Gasteiger partial charge is 0.303 e. The van der Waals surface area contributed by atoms with E-state index in [0.29, 0.717) is 35.8 Å². The van der Waals surface area contributed by atoms with Crippen molar-refractivity contribution < 1.29 is 23.9 Å². The normalized spacial score (nSPS) is 48.5. The quantitative estimate of drug-likeness (QED) is 0.325. The third-order valence-corrected chi connectivity index (χ3v) is 13.1. The number of carbonyl (C=O) groups excluding carboxylic acids is 1. The van der Waals surface area contributed by atoms with Crippen molar-refractivity contribution in [3.05, 3.63) is 12.7 Å². The molecule has 4 saturated carbocycles. The predicted octanol–water partition coefficient (Wildman–Crippen LogP) is 4.41. The Hall–Kier alpha value is -0.950. The molecule has 1 N–H and O–H groups in total. The van der Waals surface area contributed by atoms with E-state index >= 15 is 0 Å². The summed E-state index contributed by atoms with van der Waals surface area (Å²) in [6.07, 6.45) is 12.6. The fraction of sp³-hybridized carbons (Fsp3) is 0.906. The van der Waals surface area contributed by atoms with Crippen LogP contribution in [-0.4, -0.2) is 90.7 Å². The van der Waals surface area contributed by atoms with Gasteiger partial charge in [0.1, 0.15) is 6.04 Å². The number of morpholine rings is 1. The molecule has 4 unspecified atom stereocenters. The van der Waals surface area contributed by atoms with Gasteiger partial charge in [0, 0.05) is 50.7 Å². The van der Waals surface area contributed by atoms with Crippen LogP contribution in [0.15, 0.2) is 12.7 Å². The van der Waals surface area contributed by atoms with Gasteiger partial charge in [-0.25, -0.2) is 0 Å². The Morgan fingerprint density at radius 3 is 2.53 bits per heavy atom. The molecule has 0 bridgehead atoms. The average Bonchev–Trinajstić information content (AvgIpc) is 3.47. The van der Waals surface area contributed by atoms with Gasteiger partial charge in [-0.2, -0.15) is 0 Å². The number of rotatable bonds is 5. The van der Waals surface area contributed by atoms with Crippen molar-refractivity contribution >= 4 is 5.97 Å². The van der Waals surface area contributed by atoms with Crippen LogP contribution in [0.1, 0.15) is 78.6 Å². The number of carbonyl (C=O) groups is 1. The molecule has 2 aliphatic heterocycles. The fourth-order valence-electron chi connectivity index (χ4n) is 11.3. The molecular weight excluding hydrogens is 476 g/mol. The molecule has 6 aliphatic rings. The van der Waals surface area contributed by atoms with Gasteiger partial charge in [0.05, 0.1) is 39.0 Å². The number of aliphatic hydroxyl groups is 1. The molecule has 2 heterocycles. The van der Waals surface area contributed by atoms with Crippen LogP contribution in [0.4, 0.5) is 0 Å². The van der Waals surface area contributed by atoms with Crippen LogP contribution in [0.25, 0.3) is 0 Å². The van der Waals surface area contributed by atoms with Gasteiger partial charge in [-0.3, -0.25) is 9.69 Å². The molecule has 4 aliphatic carbocycles. The van der Waals surface area contributed by atoms with Gasteiger partial charge >= 0.3 is 5.97 Å². The van der Waals surface area contributed by atoms with Crippen LogP contribution >= 0.6 is 0 Å². The highest BCUT2D eigenvalue weighted by Gasteiger charge is 2.67. The van der Waals surface area contributed by atoms with E-state index in [1.54, 1.807) is 6.92 Å². The van der Waals surface area contributed by atoms with E-state index < -0.39 is 0 Å². The molecule has 10 atom stereocenters. The van der Waals surface area contributed by atoms with Gasteiger partial charge in [0.25, 0.3) is 0 Å². The first-order valence-electron chi connectivity index (χ1n) is 15.9. The lowest BCUT2D eigenvalue weighted by molar-refractivity contribution is -0.937. The number of aliphatic hydroxyl groups excluding tert-OH is 1. The van der Waals surface area contributed by atoms with E-state index in [-0.39, 0.29) is 29.0 Å². The lowest BCUT2D eigenvalue weighted by Gasteiger charge is -2.62. The Morgan fingerprint density at radius 2 is 1.84 bits per heavy atom. The number of hydrogen-bond donors (Lipinski definition) is 1. The summed E-state index contributed by atoms with van der Waals surface area (Å²) in [5.74, 6) is 2.53. The molecule has 6 fully saturated rings. The average molecular weight is 530 g/mol. The molecule has 6 nitrogen and oxygen atoms in total. The van der Waals surface area contributed by atoms with E-state index in [0.717, 1.165) is 56.6 Å². The van der Waals surface area contributed by atoms with Crippen LogP contribution in [0.2, 0.25) is 0 Å². The predicted molar refractivity (Wildman–Crippen MR) is 148 cm³/mol. The Bertz CT molecular complexity index is 898. The minimum atomic E-state index is -0.238. The van der Waals surface area contributed by atoms with Crippen molar-refractivity contribution in [1.29, 1.82) is 0 Å². The first kappa shape index (κ1) is 27.2. The zero-order chi connectivity index (χ0) is 26.7.